The summed E-state index contributed by atoms with van der Waals surface area (Å²) < 4.78 is 0. The van der Waals surface area contributed by atoms with Crippen molar-refractivity contribution < 1.29 is 19.8 Å². The molecule has 1 aromatic carbocycles. The van der Waals surface area contributed by atoms with Crippen LogP contribution in [0.2, 0.25) is 0 Å². The number of carboxylic acid groups (broad SMARTS) is 1. The Kier molecular flexibility index (Phi) is 10.9. The lowest BCUT2D eigenvalue weighted by Gasteiger charge is -2.40. The number of aliphatic hydroxyl groups excluding tert-OH is 1. The number of fused-ring (bicyclic) bond motifs is 1. The third kappa shape index (κ3) is 7.45. The van der Waals surface area contributed by atoms with E-state index in [0.717, 1.165) is 12.0 Å². The minimum atomic E-state index is -1.14. The second-order valence-corrected chi connectivity index (χ2v) is 9.04. The van der Waals surface area contributed by atoms with Crippen molar-refractivity contribution in [2.24, 2.45) is 11.7 Å². The van der Waals surface area contributed by atoms with Gasteiger partial charge < -0.3 is 26.6 Å². The zero-order valence-electron chi connectivity index (χ0n) is 19.0. The number of hydrogen-bond donors (Lipinski definition) is 6. The lowest BCUT2D eigenvalue weighted by atomic mass is 9.91. The molecule has 0 bridgehead atoms. The molecular formula is C23H38N4O4S. The molecule has 8 nitrogen and oxygen atoms in total. The van der Waals surface area contributed by atoms with Gasteiger partial charge in [-0.3, -0.25) is 9.69 Å². The van der Waals surface area contributed by atoms with E-state index in [-0.39, 0.29) is 31.0 Å². The van der Waals surface area contributed by atoms with Crippen molar-refractivity contribution in [3.63, 3.8) is 0 Å². The number of thiol groups is 1. The highest BCUT2D eigenvalue weighted by atomic mass is 32.1. The molecule has 0 saturated carbocycles. The van der Waals surface area contributed by atoms with Crippen LogP contribution < -0.4 is 16.4 Å². The van der Waals surface area contributed by atoms with Crippen molar-refractivity contribution in [1.82, 2.24) is 15.5 Å². The van der Waals surface area contributed by atoms with Crippen LogP contribution in [0.25, 0.3) is 0 Å². The Morgan fingerprint density at radius 3 is 2.59 bits per heavy atom. The summed E-state index contributed by atoms with van der Waals surface area (Å²) in [4.78, 5) is 26.8. The topological polar surface area (TPSA) is 128 Å². The highest BCUT2D eigenvalue weighted by Crippen LogP contribution is 2.25. The van der Waals surface area contributed by atoms with Crippen molar-refractivity contribution in [2.45, 2.75) is 63.8 Å². The first-order valence-corrected chi connectivity index (χ1v) is 12.0. The van der Waals surface area contributed by atoms with Gasteiger partial charge in [0.1, 0.15) is 6.04 Å². The fraction of sp³-hybridized carbons (Fsp3) is 0.652. The number of carboxylic acids is 1. The van der Waals surface area contributed by atoms with Crippen molar-refractivity contribution in [3.05, 3.63) is 35.4 Å². The summed E-state index contributed by atoms with van der Waals surface area (Å²) in [5.74, 6) is -0.515. The van der Waals surface area contributed by atoms with E-state index in [1.54, 1.807) is 0 Å². The van der Waals surface area contributed by atoms with Crippen molar-refractivity contribution in [3.8, 4) is 0 Å². The largest absolute Gasteiger partial charge is 0.480 e. The van der Waals surface area contributed by atoms with Gasteiger partial charge in [-0.15, -0.1) is 0 Å². The summed E-state index contributed by atoms with van der Waals surface area (Å²) in [5, 5.41) is 24.8. The first-order valence-electron chi connectivity index (χ1n) is 11.3. The predicted octanol–water partition coefficient (Wildman–Crippen LogP) is 0.627. The number of hydrogen-bond acceptors (Lipinski definition) is 7. The summed E-state index contributed by atoms with van der Waals surface area (Å²) >= 11 is 4.27. The van der Waals surface area contributed by atoms with Crippen LogP contribution in [0.3, 0.4) is 0 Å². The standard InChI is InChI=1S/C23H38N4O4S/c1-3-15(2)20(25-11-18(24)14-32)13-27-12-17-7-5-4-6-16(17)10-21(27)22(29)26-19(8-9-28)23(30)31/h4-7,15,18-21,25,28,32H,3,8-14,24H2,1-2H3,(H,26,29)(H,30,31). The monoisotopic (exact) mass is 466 g/mol. The molecule has 1 aliphatic heterocycles. The SMILES string of the molecule is CCC(C)C(CN1Cc2ccccc2CC1C(=O)NC(CCO)C(=O)O)NCC(N)CS. The molecule has 1 aliphatic rings. The number of aliphatic carboxylic acids is 1. The number of nitrogens with two attached hydrogens (primary N) is 1. The zero-order valence-corrected chi connectivity index (χ0v) is 19.9. The van der Waals surface area contributed by atoms with Crippen LogP contribution in [0.15, 0.2) is 24.3 Å². The molecule has 1 aromatic rings. The molecule has 32 heavy (non-hydrogen) atoms. The van der Waals surface area contributed by atoms with Crippen molar-refractivity contribution >= 4 is 24.5 Å². The molecule has 5 atom stereocenters. The average molecular weight is 467 g/mol. The molecule has 0 spiro atoms. The fourth-order valence-corrected chi connectivity index (χ4v) is 4.16. The molecule has 0 saturated heterocycles. The quantitative estimate of drug-likeness (QED) is 0.235. The van der Waals surface area contributed by atoms with Crippen LogP contribution in [-0.2, 0) is 22.6 Å². The van der Waals surface area contributed by atoms with Gasteiger partial charge in [-0.05, 0) is 23.5 Å². The van der Waals surface area contributed by atoms with Gasteiger partial charge in [-0.25, -0.2) is 4.79 Å². The zero-order chi connectivity index (χ0) is 23.7. The number of carbonyl (C=O) groups excluding carboxylic acids is 1. The van der Waals surface area contributed by atoms with Gasteiger partial charge in [0.15, 0.2) is 0 Å². The van der Waals surface area contributed by atoms with E-state index in [4.69, 9.17) is 5.73 Å². The Hall–Kier alpha value is -1.65. The van der Waals surface area contributed by atoms with E-state index in [1.807, 2.05) is 18.2 Å². The number of rotatable bonds is 13. The van der Waals surface area contributed by atoms with E-state index in [9.17, 15) is 19.8 Å². The highest BCUT2D eigenvalue weighted by molar-refractivity contribution is 7.80. The van der Waals surface area contributed by atoms with E-state index < -0.39 is 18.1 Å². The first-order chi connectivity index (χ1) is 15.3. The molecule has 2 rings (SSSR count). The second-order valence-electron chi connectivity index (χ2n) is 8.67. The second kappa shape index (κ2) is 13.2. The number of nitrogens with one attached hydrogen (secondary N) is 2. The summed E-state index contributed by atoms with van der Waals surface area (Å²) in [7, 11) is 0. The maximum absolute atomic E-state index is 13.2. The summed E-state index contributed by atoms with van der Waals surface area (Å²) in [6.45, 7) is 5.90. The lowest BCUT2D eigenvalue weighted by Crippen LogP contribution is -2.57. The van der Waals surface area contributed by atoms with Crippen LogP contribution in [0.5, 0.6) is 0 Å². The molecule has 0 fully saturated rings. The van der Waals surface area contributed by atoms with Crippen LogP contribution in [-0.4, -0.2) is 76.6 Å². The Balaban J connectivity index is 2.24. The summed E-state index contributed by atoms with van der Waals surface area (Å²) in [5.41, 5.74) is 8.33. The number of aliphatic hydroxyl groups is 1. The normalized spacial score (nSPS) is 20.1. The average Bonchev–Trinajstić information content (AvgIpc) is 2.79. The van der Waals surface area contributed by atoms with Gasteiger partial charge in [0, 0.05) is 50.5 Å². The minimum Gasteiger partial charge on any atom is -0.480 e. The highest BCUT2D eigenvalue weighted by Gasteiger charge is 2.35. The molecule has 1 heterocycles. The van der Waals surface area contributed by atoms with Crippen molar-refractivity contribution in [1.29, 1.82) is 0 Å². The molecule has 0 aliphatic carbocycles. The number of benzene rings is 1. The lowest BCUT2D eigenvalue weighted by molar-refractivity contribution is -0.143. The first kappa shape index (κ1) is 26.6. The van der Waals surface area contributed by atoms with Gasteiger partial charge in [0.2, 0.25) is 5.91 Å². The van der Waals surface area contributed by atoms with Gasteiger partial charge in [-0.1, -0.05) is 44.5 Å². The molecule has 180 valence electrons. The Labute approximate surface area is 196 Å². The number of carbonyl (C=O) groups is 2. The van der Waals surface area contributed by atoms with E-state index >= 15 is 0 Å². The van der Waals surface area contributed by atoms with E-state index in [2.05, 4.69) is 48.1 Å². The van der Waals surface area contributed by atoms with Crippen LogP contribution in [0.4, 0.5) is 0 Å². The van der Waals surface area contributed by atoms with E-state index in [1.165, 1.54) is 5.56 Å². The minimum absolute atomic E-state index is 0.0248. The molecule has 5 unspecified atom stereocenters. The van der Waals surface area contributed by atoms with Crippen LogP contribution in [0, 0.1) is 5.92 Å². The fourth-order valence-electron chi connectivity index (χ4n) is 4.03. The van der Waals surface area contributed by atoms with Crippen LogP contribution in [0.1, 0.15) is 37.8 Å². The Morgan fingerprint density at radius 1 is 1.31 bits per heavy atom. The molecule has 6 N–H and O–H groups in total. The molecule has 0 radical (unpaired) electrons. The molecule has 9 heteroatoms. The Morgan fingerprint density at radius 2 is 2.00 bits per heavy atom. The third-order valence-corrected chi connectivity index (χ3v) is 6.79. The summed E-state index contributed by atoms with van der Waals surface area (Å²) in [6, 6.07) is 6.52. The molecule has 0 aromatic heterocycles. The maximum Gasteiger partial charge on any atom is 0.326 e. The van der Waals surface area contributed by atoms with Gasteiger partial charge in [-0.2, -0.15) is 12.6 Å². The van der Waals surface area contributed by atoms with Crippen LogP contribution >= 0.6 is 12.6 Å². The van der Waals surface area contributed by atoms with Crippen molar-refractivity contribution in [2.75, 3.05) is 25.4 Å². The molecule has 1 amide bonds. The molecular weight excluding hydrogens is 428 g/mol. The number of nitrogens with zero attached hydrogens (tertiary/aromatic N) is 1. The smallest absolute Gasteiger partial charge is 0.326 e. The third-order valence-electron chi connectivity index (χ3n) is 6.32. The van der Waals surface area contributed by atoms with Gasteiger partial charge in [0.05, 0.1) is 6.04 Å². The maximum atomic E-state index is 13.2. The Bertz CT molecular complexity index is 750. The van der Waals surface area contributed by atoms with Gasteiger partial charge >= 0.3 is 5.97 Å². The predicted molar refractivity (Wildman–Crippen MR) is 129 cm³/mol. The number of amides is 1. The van der Waals surface area contributed by atoms with E-state index in [0.29, 0.717) is 37.7 Å². The van der Waals surface area contributed by atoms with Gasteiger partial charge in [0.25, 0.3) is 0 Å². The summed E-state index contributed by atoms with van der Waals surface area (Å²) in [6.07, 6.45) is 1.46.